The summed E-state index contributed by atoms with van der Waals surface area (Å²) in [7, 11) is 1.66. The van der Waals surface area contributed by atoms with Gasteiger partial charge in [-0.1, -0.05) is 30.3 Å². The van der Waals surface area contributed by atoms with Crippen LogP contribution in [0.3, 0.4) is 0 Å². The molecule has 0 aliphatic rings. The van der Waals surface area contributed by atoms with E-state index < -0.39 is 36.1 Å². The van der Waals surface area contributed by atoms with Gasteiger partial charge in [0, 0.05) is 29.8 Å². The molecule has 0 unspecified atom stereocenters. The number of thiophene rings is 1. The number of nitrogens with one attached hydrogen (secondary N) is 1. The van der Waals surface area contributed by atoms with Crippen LogP contribution in [-0.4, -0.2) is 41.2 Å². The van der Waals surface area contributed by atoms with Crippen molar-refractivity contribution in [2.45, 2.75) is 19.8 Å². The molecule has 1 aromatic carbocycles. The fourth-order valence-electron chi connectivity index (χ4n) is 4.84. The molecule has 0 saturated carbocycles. The molecule has 15 heteroatoms. The summed E-state index contributed by atoms with van der Waals surface area (Å²) in [5, 5.41) is 11.1. The van der Waals surface area contributed by atoms with Gasteiger partial charge in [-0.05, 0) is 24.6 Å². The molecule has 5 heterocycles. The molecule has 0 atom stereocenters. The van der Waals surface area contributed by atoms with Gasteiger partial charge in [0.1, 0.15) is 26.7 Å². The molecule has 0 fully saturated rings. The minimum atomic E-state index is -2.94. The first kappa shape index (κ1) is 28.0. The van der Waals surface area contributed by atoms with Gasteiger partial charge in [-0.2, -0.15) is 10.2 Å². The van der Waals surface area contributed by atoms with Gasteiger partial charge < -0.3 is 11.1 Å². The number of nitrogens with two attached hydrogens (primary N) is 1. The van der Waals surface area contributed by atoms with E-state index in [0.717, 1.165) is 22.0 Å². The lowest BCUT2D eigenvalue weighted by Gasteiger charge is -2.11. The van der Waals surface area contributed by atoms with E-state index >= 15 is 0 Å². The van der Waals surface area contributed by atoms with E-state index in [2.05, 4.69) is 25.5 Å². The summed E-state index contributed by atoms with van der Waals surface area (Å²) >= 11 is 0.737. The van der Waals surface area contributed by atoms with Crippen LogP contribution in [0.15, 0.2) is 54.9 Å². The maximum Gasteiger partial charge on any atom is 0.280 e. The number of anilines is 1. The van der Waals surface area contributed by atoms with E-state index in [0.29, 0.717) is 16.8 Å². The number of aromatic nitrogens is 6. The van der Waals surface area contributed by atoms with Crippen molar-refractivity contribution in [1.29, 1.82) is 0 Å². The van der Waals surface area contributed by atoms with Crippen LogP contribution in [0.5, 0.6) is 0 Å². The highest BCUT2D eigenvalue weighted by Crippen LogP contribution is 2.43. The smallest absolute Gasteiger partial charge is 0.280 e. The predicted molar refractivity (Wildman–Crippen MR) is 151 cm³/mol. The Hall–Kier alpha value is -5.18. The summed E-state index contributed by atoms with van der Waals surface area (Å²) in [6.07, 6.45) is -3.18. The molecule has 0 saturated heterocycles. The third kappa shape index (κ3) is 4.86. The summed E-state index contributed by atoms with van der Waals surface area (Å²) in [4.78, 5) is 34.6. The topological polar surface area (TPSA) is 133 Å². The quantitative estimate of drug-likeness (QED) is 0.216. The summed E-state index contributed by atoms with van der Waals surface area (Å²) in [6.45, 7) is 1.68. The molecular weight excluding hydrogens is 588 g/mol. The molecule has 43 heavy (non-hydrogen) atoms. The molecule has 6 rings (SSSR count). The van der Waals surface area contributed by atoms with Crippen molar-refractivity contribution in [3.8, 4) is 22.4 Å². The van der Waals surface area contributed by atoms with Gasteiger partial charge >= 0.3 is 0 Å². The van der Waals surface area contributed by atoms with E-state index in [4.69, 9.17) is 5.73 Å². The van der Waals surface area contributed by atoms with Crippen LogP contribution < -0.4 is 11.1 Å². The van der Waals surface area contributed by atoms with Gasteiger partial charge in [-0.25, -0.2) is 32.0 Å². The molecular formula is C28H20F4N8O2S. The largest absolute Gasteiger partial charge is 0.365 e. The van der Waals surface area contributed by atoms with Gasteiger partial charge in [0.15, 0.2) is 5.65 Å². The SMILES string of the molecule is Cc1nn(C)cc1-c1cc(C(F)F)nc2sc(C(N)=O)c(NC(=O)c3cnn4c(C(F)F)cc(-c5ccccc5)nc34)c12. The second kappa shape index (κ2) is 10.6. The Morgan fingerprint density at radius 1 is 1.02 bits per heavy atom. The maximum absolute atomic E-state index is 14.0. The third-order valence-electron chi connectivity index (χ3n) is 6.71. The Labute approximate surface area is 243 Å². The lowest BCUT2D eigenvalue weighted by molar-refractivity contribution is 0.100. The lowest BCUT2D eigenvalue weighted by atomic mass is 10.0. The number of aryl methyl sites for hydroxylation is 2. The molecule has 5 aromatic heterocycles. The number of rotatable bonds is 7. The molecule has 0 radical (unpaired) electrons. The monoisotopic (exact) mass is 608 g/mol. The Kier molecular flexibility index (Phi) is 6.88. The van der Waals surface area contributed by atoms with Crippen LogP contribution in [0.4, 0.5) is 23.2 Å². The maximum atomic E-state index is 14.0. The first-order valence-corrected chi connectivity index (χ1v) is 13.4. The Balaban J connectivity index is 1.54. The van der Waals surface area contributed by atoms with Crippen molar-refractivity contribution >= 4 is 44.7 Å². The first-order valence-electron chi connectivity index (χ1n) is 12.6. The van der Waals surface area contributed by atoms with Gasteiger partial charge in [0.05, 0.1) is 23.3 Å². The number of nitrogens with zero attached hydrogens (tertiary/aromatic N) is 6. The lowest BCUT2D eigenvalue weighted by Crippen LogP contribution is -2.17. The molecule has 10 nitrogen and oxygen atoms in total. The summed E-state index contributed by atoms with van der Waals surface area (Å²) < 4.78 is 58.1. The van der Waals surface area contributed by atoms with Crippen molar-refractivity contribution in [2.24, 2.45) is 12.8 Å². The number of carbonyl (C=O) groups excluding carboxylic acids is 2. The molecule has 0 aliphatic carbocycles. The van der Waals surface area contributed by atoms with Crippen LogP contribution in [0.2, 0.25) is 0 Å². The zero-order chi connectivity index (χ0) is 30.6. The predicted octanol–water partition coefficient (Wildman–Crippen LogP) is 5.94. The molecule has 6 aromatic rings. The normalized spacial score (nSPS) is 11.7. The van der Waals surface area contributed by atoms with Crippen LogP contribution >= 0.6 is 11.3 Å². The number of amides is 2. The molecule has 218 valence electrons. The summed E-state index contributed by atoms with van der Waals surface area (Å²) in [5.74, 6) is -1.78. The van der Waals surface area contributed by atoms with Gasteiger partial charge in [0.25, 0.3) is 24.7 Å². The fraction of sp³-hybridized carbons (Fsp3) is 0.143. The van der Waals surface area contributed by atoms with E-state index in [1.165, 1.54) is 16.8 Å². The van der Waals surface area contributed by atoms with Crippen molar-refractivity contribution in [3.05, 3.63) is 82.4 Å². The zero-order valence-electron chi connectivity index (χ0n) is 22.3. The van der Waals surface area contributed by atoms with Crippen molar-refractivity contribution in [3.63, 3.8) is 0 Å². The number of alkyl halides is 4. The number of hydrogen-bond donors (Lipinski definition) is 2. The van der Waals surface area contributed by atoms with Crippen molar-refractivity contribution in [1.82, 2.24) is 29.4 Å². The number of primary amides is 1. The molecule has 0 bridgehead atoms. The van der Waals surface area contributed by atoms with E-state index in [9.17, 15) is 27.2 Å². The zero-order valence-corrected chi connectivity index (χ0v) is 23.2. The fourth-order valence-corrected chi connectivity index (χ4v) is 5.85. The van der Waals surface area contributed by atoms with Crippen LogP contribution in [0.25, 0.3) is 38.2 Å². The standard InChI is InChI=1S/C28H20F4N8O2S/c1-12-16(11-39(2)38-12)14-8-18(23(29)30)36-28-20(14)21(22(43-28)25(33)41)37-27(42)15-10-34-40-19(24(31)32)9-17(35-26(15)40)13-6-4-3-5-7-13/h3-11,23-24H,1-2H3,(H2,33,41)(H,37,42). The van der Waals surface area contributed by atoms with Crippen molar-refractivity contribution in [2.75, 3.05) is 5.32 Å². The number of halogens is 4. The second-order valence-electron chi connectivity index (χ2n) is 9.53. The number of hydrogen-bond acceptors (Lipinski definition) is 7. The Morgan fingerprint density at radius 3 is 2.40 bits per heavy atom. The highest BCUT2D eigenvalue weighted by atomic mass is 32.1. The Morgan fingerprint density at radius 2 is 1.77 bits per heavy atom. The average molecular weight is 609 g/mol. The number of fused-ring (bicyclic) bond motifs is 2. The number of carbonyl (C=O) groups is 2. The minimum absolute atomic E-state index is 0.0319. The molecule has 2 amide bonds. The van der Waals surface area contributed by atoms with Crippen LogP contribution in [0.1, 0.15) is 50.0 Å². The van der Waals surface area contributed by atoms with Gasteiger partial charge in [-0.3, -0.25) is 14.3 Å². The number of benzene rings is 1. The van der Waals surface area contributed by atoms with Crippen molar-refractivity contribution < 1.29 is 27.2 Å². The Bertz CT molecular complexity index is 2050. The van der Waals surface area contributed by atoms with Crippen LogP contribution in [0, 0.1) is 6.92 Å². The summed E-state index contributed by atoms with van der Waals surface area (Å²) in [6, 6.07) is 10.9. The molecule has 3 N–H and O–H groups in total. The third-order valence-corrected chi connectivity index (χ3v) is 7.81. The molecule has 0 spiro atoms. The van der Waals surface area contributed by atoms with E-state index in [1.54, 1.807) is 50.5 Å². The van der Waals surface area contributed by atoms with Crippen LogP contribution in [-0.2, 0) is 7.05 Å². The average Bonchev–Trinajstić information content (AvgIpc) is 3.66. The van der Waals surface area contributed by atoms with Gasteiger partial charge in [0.2, 0.25) is 0 Å². The highest BCUT2D eigenvalue weighted by molar-refractivity contribution is 7.21. The minimum Gasteiger partial charge on any atom is -0.365 e. The first-order chi connectivity index (χ1) is 20.5. The molecule has 0 aliphatic heterocycles. The van der Waals surface area contributed by atoms with E-state index in [1.807, 2.05) is 0 Å². The van der Waals surface area contributed by atoms with E-state index in [-0.39, 0.29) is 43.2 Å². The highest BCUT2D eigenvalue weighted by Gasteiger charge is 2.28. The number of pyridine rings is 1. The summed E-state index contributed by atoms with van der Waals surface area (Å²) in [5.41, 5.74) is 6.14. The second-order valence-corrected chi connectivity index (χ2v) is 10.5. The van der Waals surface area contributed by atoms with Gasteiger partial charge in [-0.15, -0.1) is 11.3 Å².